The Hall–Kier alpha value is -3.28. The van der Waals surface area contributed by atoms with Gasteiger partial charge in [0.05, 0.1) is 0 Å². The second-order valence-corrected chi connectivity index (χ2v) is 7.93. The van der Waals surface area contributed by atoms with E-state index in [4.69, 9.17) is 0 Å². The summed E-state index contributed by atoms with van der Waals surface area (Å²) in [7, 11) is 0. The van der Waals surface area contributed by atoms with Crippen LogP contribution < -0.4 is 10.6 Å². The van der Waals surface area contributed by atoms with Crippen molar-refractivity contribution in [3.05, 3.63) is 71.4 Å². The maximum Gasteiger partial charge on any atom is 0.194 e. The van der Waals surface area contributed by atoms with Gasteiger partial charge in [-0.1, -0.05) is 12.2 Å². The third-order valence-electron chi connectivity index (χ3n) is 4.70. The number of allylic oxidation sites excluding steroid dienone is 8. The number of hydrogen-bond donors (Lipinski definition) is 2. The first-order chi connectivity index (χ1) is 14.4. The monoisotopic (exact) mass is 404 g/mol. The number of rotatable bonds is 6. The fraction of sp³-hybridized carbons (Fsp3) is 0.333. The van der Waals surface area contributed by atoms with E-state index in [1.807, 2.05) is 27.7 Å². The molecule has 0 spiro atoms. The minimum atomic E-state index is -0.125. The number of carbonyl (C=O) groups is 2. The van der Waals surface area contributed by atoms with Crippen molar-refractivity contribution < 1.29 is 9.59 Å². The number of aliphatic imine (C=N–C) groups is 2. The lowest BCUT2D eigenvalue weighted by molar-refractivity contribution is -0.117. The molecule has 0 aliphatic heterocycles. The van der Waals surface area contributed by atoms with Crippen LogP contribution in [0.15, 0.2) is 81.4 Å². The molecule has 1 fully saturated rings. The minimum absolute atomic E-state index is 0.125. The number of nitrogens with zero attached hydrogens (tertiary/aromatic N) is 2. The van der Waals surface area contributed by atoms with Crippen molar-refractivity contribution in [2.75, 3.05) is 0 Å². The number of nitrogens with one attached hydrogen (secondary N) is 2. The Balaban J connectivity index is 1.81. The van der Waals surface area contributed by atoms with E-state index in [9.17, 15) is 9.59 Å². The van der Waals surface area contributed by atoms with Crippen LogP contribution in [-0.4, -0.2) is 35.1 Å². The van der Waals surface area contributed by atoms with E-state index < -0.39 is 0 Å². The summed E-state index contributed by atoms with van der Waals surface area (Å²) in [6.07, 6.45) is 15.0. The number of hydrogen-bond acceptors (Lipinski definition) is 6. The van der Waals surface area contributed by atoms with Crippen LogP contribution in [0.3, 0.4) is 0 Å². The number of carbonyl (C=O) groups excluding carboxylic acids is 2. The molecule has 0 heterocycles. The first-order valence-corrected chi connectivity index (χ1v) is 10.3. The quantitative estimate of drug-likeness (QED) is 0.710. The van der Waals surface area contributed by atoms with Gasteiger partial charge < -0.3 is 10.6 Å². The molecule has 0 aromatic heterocycles. The van der Waals surface area contributed by atoms with Gasteiger partial charge in [0.15, 0.2) is 11.6 Å². The topological polar surface area (TPSA) is 82.9 Å². The zero-order chi connectivity index (χ0) is 21.7. The molecule has 6 nitrogen and oxygen atoms in total. The molecule has 0 bridgehead atoms. The van der Waals surface area contributed by atoms with Crippen molar-refractivity contribution in [1.29, 1.82) is 0 Å². The van der Waals surface area contributed by atoms with Gasteiger partial charge >= 0.3 is 0 Å². The Morgan fingerprint density at radius 3 is 1.50 bits per heavy atom. The third kappa shape index (κ3) is 5.00. The zero-order valence-electron chi connectivity index (χ0n) is 17.9. The van der Waals surface area contributed by atoms with Crippen LogP contribution in [-0.2, 0) is 9.59 Å². The Morgan fingerprint density at radius 1 is 0.733 bits per heavy atom. The summed E-state index contributed by atoms with van der Waals surface area (Å²) in [6, 6.07) is 0.656. The molecule has 3 aliphatic rings. The molecule has 0 aromatic carbocycles. The first-order valence-electron chi connectivity index (χ1n) is 10.3. The highest BCUT2D eigenvalue weighted by Crippen LogP contribution is 2.35. The molecular weight excluding hydrogens is 376 g/mol. The highest BCUT2D eigenvalue weighted by Gasteiger charge is 2.37. The van der Waals surface area contributed by atoms with Gasteiger partial charge in [-0.2, -0.15) is 0 Å². The van der Waals surface area contributed by atoms with E-state index in [-0.39, 0.29) is 11.6 Å². The molecule has 1 saturated carbocycles. The average Bonchev–Trinajstić information content (AvgIpc) is 2.72. The van der Waals surface area contributed by atoms with Gasteiger partial charge in [0, 0.05) is 83.4 Å². The normalized spacial score (nSPS) is 21.8. The average molecular weight is 405 g/mol. The van der Waals surface area contributed by atoms with Crippen molar-refractivity contribution in [2.24, 2.45) is 9.98 Å². The van der Waals surface area contributed by atoms with Crippen molar-refractivity contribution >= 4 is 23.0 Å². The molecule has 0 unspecified atom stereocenters. The molecule has 30 heavy (non-hydrogen) atoms. The summed E-state index contributed by atoms with van der Waals surface area (Å²) in [5.74, 6) is -0.250. The standard InChI is InChI=1S/C24H28N4O2/c1-15(2)25-9-11-27-17-5-7-19-21(13-17)23(29)20-8-6-18(14-22(20)24(19)30)28-12-10-26-16(3)4/h7-16,25-26H,5-6H2,1-4H3. The first kappa shape index (κ1) is 21.4. The molecule has 3 rings (SSSR count). The Bertz CT molecular complexity index is 903. The number of ketones is 2. The molecule has 0 atom stereocenters. The lowest BCUT2D eigenvalue weighted by Crippen LogP contribution is -2.30. The smallest absolute Gasteiger partial charge is 0.194 e. The fourth-order valence-electron chi connectivity index (χ4n) is 3.25. The van der Waals surface area contributed by atoms with Gasteiger partial charge in [-0.15, -0.1) is 0 Å². The zero-order valence-corrected chi connectivity index (χ0v) is 17.9. The molecule has 2 N–H and O–H groups in total. The summed E-state index contributed by atoms with van der Waals surface area (Å²) in [5, 5.41) is 6.28. The summed E-state index contributed by atoms with van der Waals surface area (Å²) in [4.78, 5) is 34.8. The Kier molecular flexibility index (Phi) is 6.77. The van der Waals surface area contributed by atoms with Crippen LogP contribution >= 0.6 is 0 Å². The molecule has 0 amide bonds. The molecule has 3 aliphatic carbocycles. The molecule has 0 saturated heterocycles. The molecular formula is C24H28N4O2. The predicted octanol–water partition coefficient (Wildman–Crippen LogP) is 3.47. The van der Waals surface area contributed by atoms with Crippen LogP contribution in [0.4, 0.5) is 0 Å². The number of fused-ring (bicyclic) bond motifs is 2. The third-order valence-corrected chi connectivity index (χ3v) is 4.70. The van der Waals surface area contributed by atoms with Crippen LogP contribution in [0.1, 0.15) is 40.5 Å². The van der Waals surface area contributed by atoms with E-state index in [0.29, 0.717) is 47.2 Å². The van der Waals surface area contributed by atoms with E-state index in [1.54, 1.807) is 49.1 Å². The van der Waals surface area contributed by atoms with Crippen molar-refractivity contribution in [3.8, 4) is 0 Å². The van der Waals surface area contributed by atoms with Crippen molar-refractivity contribution in [1.82, 2.24) is 10.6 Å². The lowest BCUT2D eigenvalue weighted by Gasteiger charge is -2.26. The second kappa shape index (κ2) is 9.48. The highest BCUT2D eigenvalue weighted by atomic mass is 16.1. The van der Waals surface area contributed by atoms with Gasteiger partial charge in [0.2, 0.25) is 0 Å². The fourth-order valence-corrected chi connectivity index (χ4v) is 3.25. The molecule has 0 aromatic rings. The minimum Gasteiger partial charge on any atom is -0.387 e. The SMILES string of the molecule is CC(C)NC=CN=C1C=C2C(=O)C3=CCC(=NC=CNC(C)C)C=C3C(=O)C2=CC1. The molecule has 0 radical (unpaired) electrons. The van der Waals surface area contributed by atoms with E-state index in [1.165, 1.54) is 0 Å². The second-order valence-electron chi connectivity index (χ2n) is 7.93. The molecule has 156 valence electrons. The van der Waals surface area contributed by atoms with Gasteiger partial charge in [-0.3, -0.25) is 19.6 Å². The summed E-state index contributed by atoms with van der Waals surface area (Å²) >= 11 is 0. The van der Waals surface area contributed by atoms with E-state index in [0.717, 1.165) is 11.4 Å². The number of Topliss-reactive ketones (excluding diaryl/α,β-unsaturated/α-hetero) is 2. The molecule has 6 heteroatoms. The predicted molar refractivity (Wildman–Crippen MR) is 121 cm³/mol. The maximum absolute atomic E-state index is 13.0. The summed E-state index contributed by atoms with van der Waals surface area (Å²) < 4.78 is 0. The van der Waals surface area contributed by atoms with Crippen LogP contribution in [0.25, 0.3) is 0 Å². The highest BCUT2D eigenvalue weighted by molar-refractivity contribution is 6.37. The maximum atomic E-state index is 13.0. The van der Waals surface area contributed by atoms with Crippen LogP contribution in [0, 0.1) is 0 Å². The van der Waals surface area contributed by atoms with E-state index >= 15 is 0 Å². The van der Waals surface area contributed by atoms with E-state index in [2.05, 4.69) is 20.6 Å². The summed E-state index contributed by atoms with van der Waals surface area (Å²) in [5.41, 5.74) is 3.30. The van der Waals surface area contributed by atoms with Crippen molar-refractivity contribution in [2.45, 2.75) is 52.6 Å². The Labute approximate surface area is 177 Å². The van der Waals surface area contributed by atoms with Gasteiger partial charge in [0.25, 0.3) is 0 Å². The van der Waals surface area contributed by atoms with Gasteiger partial charge in [0.1, 0.15) is 0 Å². The van der Waals surface area contributed by atoms with Gasteiger partial charge in [-0.05, 0) is 39.8 Å². The largest absolute Gasteiger partial charge is 0.387 e. The van der Waals surface area contributed by atoms with Crippen molar-refractivity contribution in [3.63, 3.8) is 0 Å². The lowest BCUT2D eigenvalue weighted by atomic mass is 9.75. The van der Waals surface area contributed by atoms with Crippen LogP contribution in [0.5, 0.6) is 0 Å². The summed E-state index contributed by atoms with van der Waals surface area (Å²) in [6.45, 7) is 8.16. The Morgan fingerprint density at radius 2 is 1.13 bits per heavy atom. The van der Waals surface area contributed by atoms with Crippen LogP contribution in [0.2, 0.25) is 0 Å². The van der Waals surface area contributed by atoms with Gasteiger partial charge in [-0.25, -0.2) is 0 Å².